The average molecular weight is 134 g/mol. The van der Waals surface area contributed by atoms with Crippen molar-refractivity contribution in [1.29, 1.82) is 0 Å². The van der Waals surface area contributed by atoms with Gasteiger partial charge in [-0.2, -0.15) is 0 Å². The normalized spacial score (nSPS) is 45.0. The standard InChI is InChI=1S/C7H12F2/c1-5-2-3-6(8)4-7(5)9/h5-7H,2-4H2,1H3. The molecule has 54 valence electrons. The maximum Gasteiger partial charge on any atom is 0.105 e. The molecule has 0 aromatic rings. The van der Waals surface area contributed by atoms with Crippen LogP contribution in [-0.4, -0.2) is 12.3 Å². The number of halogens is 2. The van der Waals surface area contributed by atoms with E-state index in [1.54, 1.807) is 0 Å². The number of rotatable bonds is 0. The van der Waals surface area contributed by atoms with Crippen molar-refractivity contribution in [3.05, 3.63) is 0 Å². The molecule has 0 radical (unpaired) electrons. The van der Waals surface area contributed by atoms with Crippen LogP contribution in [0.3, 0.4) is 0 Å². The maximum atomic E-state index is 12.6. The van der Waals surface area contributed by atoms with Crippen LogP contribution in [0.15, 0.2) is 0 Å². The third-order valence-corrected chi connectivity index (χ3v) is 2.03. The van der Waals surface area contributed by atoms with Gasteiger partial charge in [0.2, 0.25) is 0 Å². The van der Waals surface area contributed by atoms with E-state index in [1.165, 1.54) is 0 Å². The molecule has 0 saturated heterocycles. The van der Waals surface area contributed by atoms with Gasteiger partial charge in [-0.1, -0.05) is 6.92 Å². The molecule has 0 spiro atoms. The Morgan fingerprint density at radius 1 is 1.22 bits per heavy atom. The fraction of sp³-hybridized carbons (Fsp3) is 1.00. The third kappa shape index (κ3) is 1.63. The van der Waals surface area contributed by atoms with Crippen LogP contribution in [0.2, 0.25) is 0 Å². The molecule has 0 bridgehead atoms. The summed E-state index contributed by atoms with van der Waals surface area (Å²) in [6, 6.07) is 0. The molecule has 0 N–H and O–H groups in total. The Bertz CT molecular complexity index is 92.9. The lowest BCUT2D eigenvalue weighted by molar-refractivity contribution is 0.111. The van der Waals surface area contributed by atoms with Gasteiger partial charge in [-0.05, 0) is 18.8 Å². The Labute approximate surface area is 54.3 Å². The van der Waals surface area contributed by atoms with Crippen molar-refractivity contribution in [2.24, 2.45) is 5.92 Å². The quantitative estimate of drug-likeness (QED) is 0.477. The van der Waals surface area contributed by atoms with Crippen molar-refractivity contribution in [3.8, 4) is 0 Å². The van der Waals surface area contributed by atoms with Crippen molar-refractivity contribution >= 4 is 0 Å². The molecule has 2 heteroatoms. The summed E-state index contributed by atoms with van der Waals surface area (Å²) < 4.78 is 25.0. The van der Waals surface area contributed by atoms with Gasteiger partial charge < -0.3 is 0 Å². The highest BCUT2D eigenvalue weighted by Gasteiger charge is 2.26. The molecule has 0 heterocycles. The number of alkyl halides is 2. The van der Waals surface area contributed by atoms with Gasteiger partial charge in [0.15, 0.2) is 0 Å². The van der Waals surface area contributed by atoms with E-state index in [2.05, 4.69) is 0 Å². The second-order valence-corrected chi connectivity index (χ2v) is 2.90. The molecule has 0 nitrogen and oxygen atoms in total. The fourth-order valence-corrected chi connectivity index (χ4v) is 1.22. The van der Waals surface area contributed by atoms with Crippen molar-refractivity contribution < 1.29 is 8.78 Å². The van der Waals surface area contributed by atoms with E-state index in [-0.39, 0.29) is 12.3 Å². The Hall–Kier alpha value is -0.140. The molecule has 0 aromatic heterocycles. The predicted molar refractivity (Wildman–Crippen MR) is 32.8 cm³/mol. The first kappa shape index (κ1) is 6.97. The van der Waals surface area contributed by atoms with Gasteiger partial charge in [-0.15, -0.1) is 0 Å². The van der Waals surface area contributed by atoms with Crippen LogP contribution in [-0.2, 0) is 0 Å². The van der Waals surface area contributed by atoms with Crippen molar-refractivity contribution in [3.63, 3.8) is 0 Å². The number of hydrogen-bond acceptors (Lipinski definition) is 0. The monoisotopic (exact) mass is 134 g/mol. The van der Waals surface area contributed by atoms with E-state index in [9.17, 15) is 8.78 Å². The topological polar surface area (TPSA) is 0 Å². The zero-order valence-electron chi connectivity index (χ0n) is 5.61. The largest absolute Gasteiger partial charge is 0.247 e. The molecule has 3 atom stereocenters. The minimum atomic E-state index is -0.895. The van der Waals surface area contributed by atoms with Gasteiger partial charge in [0.05, 0.1) is 0 Å². The van der Waals surface area contributed by atoms with Crippen LogP contribution < -0.4 is 0 Å². The second-order valence-electron chi connectivity index (χ2n) is 2.90. The Kier molecular flexibility index (Phi) is 2.04. The molecule has 0 amide bonds. The Morgan fingerprint density at radius 3 is 2.33 bits per heavy atom. The lowest BCUT2D eigenvalue weighted by Gasteiger charge is -2.24. The Morgan fingerprint density at radius 2 is 1.89 bits per heavy atom. The Balaban J connectivity index is 2.35. The molecule has 0 aromatic carbocycles. The predicted octanol–water partition coefficient (Wildman–Crippen LogP) is 2.48. The summed E-state index contributed by atoms with van der Waals surface area (Å²) in [5.41, 5.74) is 0. The summed E-state index contributed by atoms with van der Waals surface area (Å²) in [4.78, 5) is 0. The van der Waals surface area contributed by atoms with E-state index < -0.39 is 12.3 Å². The molecular formula is C7H12F2. The van der Waals surface area contributed by atoms with Gasteiger partial charge in [0.25, 0.3) is 0 Å². The fourth-order valence-electron chi connectivity index (χ4n) is 1.22. The minimum absolute atomic E-state index is 0.0806. The molecule has 1 aliphatic carbocycles. The van der Waals surface area contributed by atoms with Gasteiger partial charge >= 0.3 is 0 Å². The van der Waals surface area contributed by atoms with Crippen LogP contribution in [0.1, 0.15) is 26.2 Å². The van der Waals surface area contributed by atoms with Crippen molar-refractivity contribution in [2.75, 3.05) is 0 Å². The summed E-state index contributed by atoms with van der Waals surface area (Å²) in [5.74, 6) is 0.0806. The third-order valence-electron chi connectivity index (χ3n) is 2.03. The van der Waals surface area contributed by atoms with E-state index >= 15 is 0 Å². The highest BCUT2D eigenvalue weighted by Crippen LogP contribution is 2.28. The zero-order valence-corrected chi connectivity index (χ0v) is 5.61. The first-order valence-electron chi connectivity index (χ1n) is 3.48. The smallest absolute Gasteiger partial charge is 0.105 e. The maximum absolute atomic E-state index is 12.6. The molecule has 9 heavy (non-hydrogen) atoms. The van der Waals surface area contributed by atoms with Crippen molar-refractivity contribution in [2.45, 2.75) is 38.5 Å². The van der Waals surface area contributed by atoms with Crippen LogP contribution in [0.25, 0.3) is 0 Å². The van der Waals surface area contributed by atoms with Crippen LogP contribution >= 0.6 is 0 Å². The van der Waals surface area contributed by atoms with Gasteiger partial charge in [-0.3, -0.25) is 0 Å². The first-order valence-corrected chi connectivity index (χ1v) is 3.48. The van der Waals surface area contributed by atoms with Crippen LogP contribution in [0.5, 0.6) is 0 Å². The molecule has 3 unspecified atom stereocenters. The average Bonchev–Trinajstić information content (AvgIpc) is 1.80. The van der Waals surface area contributed by atoms with Gasteiger partial charge in [0, 0.05) is 6.42 Å². The number of hydrogen-bond donors (Lipinski definition) is 0. The summed E-state index contributed by atoms with van der Waals surface area (Å²) in [5, 5.41) is 0. The van der Waals surface area contributed by atoms with E-state index in [4.69, 9.17) is 0 Å². The minimum Gasteiger partial charge on any atom is -0.247 e. The molecule has 1 aliphatic rings. The van der Waals surface area contributed by atoms with Gasteiger partial charge in [0.1, 0.15) is 12.3 Å². The molecular weight excluding hydrogens is 122 g/mol. The lowest BCUT2D eigenvalue weighted by atomic mass is 9.88. The lowest BCUT2D eigenvalue weighted by Crippen LogP contribution is -2.24. The molecule has 1 fully saturated rings. The second kappa shape index (κ2) is 2.63. The van der Waals surface area contributed by atoms with E-state index in [0.29, 0.717) is 12.8 Å². The molecule has 1 saturated carbocycles. The SMILES string of the molecule is CC1CCC(F)CC1F. The molecule has 1 rings (SSSR count). The highest BCUT2D eigenvalue weighted by molar-refractivity contribution is 4.76. The highest BCUT2D eigenvalue weighted by atomic mass is 19.1. The first-order chi connectivity index (χ1) is 4.20. The van der Waals surface area contributed by atoms with Gasteiger partial charge in [-0.25, -0.2) is 8.78 Å². The summed E-state index contributed by atoms with van der Waals surface area (Å²) in [6.07, 6.45) is -0.379. The van der Waals surface area contributed by atoms with Crippen LogP contribution in [0.4, 0.5) is 8.78 Å². The van der Waals surface area contributed by atoms with E-state index in [1.807, 2.05) is 6.92 Å². The zero-order chi connectivity index (χ0) is 6.85. The van der Waals surface area contributed by atoms with Crippen molar-refractivity contribution in [1.82, 2.24) is 0 Å². The summed E-state index contributed by atoms with van der Waals surface area (Å²) in [6.45, 7) is 1.84. The summed E-state index contributed by atoms with van der Waals surface area (Å²) >= 11 is 0. The molecule has 0 aliphatic heterocycles. The van der Waals surface area contributed by atoms with E-state index in [0.717, 1.165) is 0 Å². The summed E-state index contributed by atoms with van der Waals surface area (Å²) in [7, 11) is 0. The van der Waals surface area contributed by atoms with Crippen LogP contribution in [0, 0.1) is 5.92 Å².